The second-order valence-corrected chi connectivity index (χ2v) is 3.61. The highest BCUT2D eigenvalue weighted by Gasteiger charge is 2.26. The molecule has 0 aromatic heterocycles. The van der Waals surface area contributed by atoms with E-state index in [4.69, 9.17) is 5.11 Å². The van der Waals surface area contributed by atoms with Crippen molar-refractivity contribution in [1.82, 2.24) is 5.32 Å². The maximum absolute atomic E-state index is 10.9. The highest BCUT2D eigenvalue weighted by Crippen LogP contribution is 2.18. The predicted molar refractivity (Wildman–Crippen MR) is 58.5 cm³/mol. The van der Waals surface area contributed by atoms with E-state index in [-0.39, 0.29) is 0 Å². The van der Waals surface area contributed by atoms with Crippen LogP contribution in [0.2, 0.25) is 0 Å². The van der Waals surface area contributed by atoms with Crippen molar-refractivity contribution in [3.8, 4) is 0 Å². The van der Waals surface area contributed by atoms with E-state index < -0.39 is 12.0 Å². The molecule has 0 saturated carbocycles. The van der Waals surface area contributed by atoms with Crippen molar-refractivity contribution in [2.24, 2.45) is 0 Å². The molecule has 1 aromatic carbocycles. The molecular formula is C12H13NO2. The Morgan fingerprint density at radius 3 is 2.80 bits per heavy atom. The number of aliphatic carboxylic acids is 1. The van der Waals surface area contributed by atoms with Crippen LogP contribution in [-0.2, 0) is 4.79 Å². The van der Waals surface area contributed by atoms with Crippen LogP contribution >= 0.6 is 0 Å². The zero-order valence-corrected chi connectivity index (χ0v) is 8.31. The summed E-state index contributed by atoms with van der Waals surface area (Å²) in [6, 6.07) is 9.29. The highest BCUT2D eigenvalue weighted by atomic mass is 16.4. The average Bonchev–Trinajstić information content (AvgIpc) is 2.67. The van der Waals surface area contributed by atoms with Gasteiger partial charge in [0.1, 0.15) is 6.04 Å². The second kappa shape index (κ2) is 4.28. The smallest absolute Gasteiger partial charge is 0.325 e. The molecule has 1 fully saturated rings. The fourth-order valence-corrected chi connectivity index (χ4v) is 1.80. The van der Waals surface area contributed by atoms with Crippen LogP contribution in [0.4, 0.5) is 0 Å². The topological polar surface area (TPSA) is 49.3 Å². The normalized spacial score (nSPS) is 23.2. The fourth-order valence-electron chi connectivity index (χ4n) is 1.80. The highest BCUT2D eigenvalue weighted by molar-refractivity contribution is 5.80. The van der Waals surface area contributed by atoms with E-state index in [1.165, 1.54) is 0 Å². The Kier molecular flexibility index (Phi) is 2.83. The SMILES string of the molecule is O=C(O)C1NCCC1=Cc1ccccc1. The van der Waals surface area contributed by atoms with Gasteiger partial charge in [-0.25, -0.2) is 0 Å². The van der Waals surface area contributed by atoms with E-state index in [0.717, 1.165) is 24.1 Å². The van der Waals surface area contributed by atoms with Crippen molar-refractivity contribution in [2.45, 2.75) is 12.5 Å². The third-order valence-corrected chi connectivity index (χ3v) is 2.53. The molecular weight excluding hydrogens is 190 g/mol. The molecule has 1 heterocycles. The zero-order valence-electron chi connectivity index (χ0n) is 8.31. The van der Waals surface area contributed by atoms with Crippen LogP contribution in [0.5, 0.6) is 0 Å². The van der Waals surface area contributed by atoms with Crippen molar-refractivity contribution in [1.29, 1.82) is 0 Å². The first-order valence-corrected chi connectivity index (χ1v) is 4.99. The number of carboxylic acid groups (broad SMARTS) is 1. The number of benzene rings is 1. The predicted octanol–water partition coefficient (Wildman–Crippen LogP) is 1.52. The van der Waals surface area contributed by atoms with Gasteiger partial charge in [0.15, 0.2) is 0 Å². The van der Waals surface area contributed by atoms with E-state index >= 15 is 0 Å². The minimum Gasteiger partial charge on any atom is -0.480 e. The van der Waals surface area contributed by atoms with Crippen LogP contribution in [0.25, 0.3) is 6.08 Å². The van der Waals surface area contributed by atoms with E-state index in [1.807, 2.05) is 36.4 Å². The molecule has 3 heteroatoms. The van der Waals surface area contributed by atoms with Crippen molar-refractivity contribution in [3.05, 3.63) is 41.5 Å². The second-order valence-electron chi connectivity index (χ2n) is 3.61. The molecule has 2 N–H and O–H groups in total. The van der Waals surface area contributed by atoms with Crippen LogP contribution in [0, 0.1) is 0 Å². The number of hydrogen-bond acceptors (Lipinski definition) is 2. The Morgan fingerprint density at radius 2 is 2.13 bits per heavy atom. The summed E-state index contributed by atoms with van der Waals surface area (Å²) in [6.45, 7) is 0.746. The van der Waals surface area contributed by atoms with Gasteiger partial charge in [-0.05, 0) is 17.6 Å². The Morgan fingerprint density at radius 1 is 1.40 bits per heavy atom. The zero-order chi connectivity index (χ0) is 10.7. The third kappa shape index (κ3) is 2.25. The Balaban J connectivity index is 2.23. The summed E-state index contributed by atoms with van der Waals surface area (Å²) in [6.07, 6.45) is 2.77. The third-order valence-electron chi connectivity index (χ3n) is 2.53. The van der Waals surface area contributed by atoms with Gasteiger partial charge >= 0.3 is 5.97 Å². The molecule has 0 bridgehead atoms. The van der Waals surface area contributed by atoms with Gasteiger partial charge in [0.25, 0.3) is 0 Å². The largest absolute Gasteiger partial charge is 0.480 e. The molecule has 2 rings (SSSR count). The maximum atomic E-state index is 10.9. The molecule has 1 unspecified atom stereocenters. The molecule has 0 amide bonds. The van der Waals surface area contributed by atoms with Gasteiger partial charge in [0.05, 0.1) is 0 Å². The van der Waals surface area contributed by atoms with Gasteiger partial charge in [-0.15, -0.1) is 0 Å². The molecule has 0 spiro atoms. The monoisotopic (exact) mass is 203 g/mol. The summed E-state index contributed by atoms with van der Waals surface area (Å²) in [7, 11) is 0. The summed E-state index contributed by atoms with van der Waals surface area (Å²) in [5.74, 6) is -0.797. The first-order valence-electron chi connectivity index (χ1n) is 4.99. The minimum atomic E-state index is -0.797. The molecule has 1 atom stereocenters. The van der Waals surface area contributed by atoms with Crippen LogP contribution in [0.1, 0.15) is 12.0 Å². The summed E-state index contributed by atoms with van der Waals surface area (Å²) in [5, 5.41) is 11.9. The number of carboxylic acids is 1. The lowest BCUT2D eigenvalue weighted by molar-refractivity contribution is -0.138. The van der Waals surface area contributed by atoms with Crippen molar-refractivity contribution < 1.29 is 9.90 Å². The summed E-state index contributed by atoms with van der Waals surface area (Å²) in [5.41, 5.74) is 2.01. The lowest BCUT2D eigenvalue weighted by Crippen LogP contribution is -2.31. The van der Waals surface area contributed by atoms with Crippen LogP contribution in [0.3, 0.4) is 0 Å². The van der Waals surface area contributed by atoms with Gasteiger partial charge < -0.3 is 10.4 Å². The van der Waals surface area contributed by atoms with Gasteiger partial charge in [0.2, 0.25) is 0 Å². The molecule has 78 valence electrons. The number of carbonyl (C=O) groups is 1. The Hall–Kier alpha value is -1.61. The fraction of sp³-hybridized carbons (Fsp3) is 0.250. The van der Waals surface area contributed by atoms with Gasteiger partial charge in [-0.2, -0.15) is 0 Å². The lowest BCUT2D eigenvalue weighted by Gasteiger charge is -2.06. The Labute approximate surface area is 88.4 Å². The molecule has 15 heavy (non-hydrogen) atoms. The molecule has 1 aromatic rings. The van der Waals surface area contributed by atoms with Gasteiger partial charge in [0, 0.05) is 6.54 Å². The van der Waals surface area contributed by atoms with E-state index in [0.29, 0.717) is 0 Å². The number of nitrogens with one attached hydrogen (secondary N) is 1. The first kappa shape index (κ1) is 9.93. The van der Waals surface area contributed by atoms with E-state index in [2.05, 4.69) is 5.32 Å². The standard InChI is InChI=1S/C12H13NO2/c14-12(15)11-10(6-7-13-11)8-9-4-2-1-3-5-9/h1-5,8,11,13H,6-7H2,(H,14,15). The Bertz CT molecular complexity index is 384. The van der Waals surface area contributed by atoms with Crippen LogP contribution in [-0.4, -0.2) is 23.7 Å². The summed E-state index contributed by atoms with van der Waals surface area (Å²) in [4.78, 5) is 10.9. The van der Waals surface area contributed by atoms with Crippen molar-refractivity contribution >= 4 is 12.0 Å². The number of rotatable bonds is 2. The quantitative estimate of drug-likeness (QED) is 0.766. The van der Waals surface area contributed by atoms with Crippen molar-refractivity contribution in [2.75, 3.05) is 6.54 Å². The lowest BCUT2D eigenvalue weighted by atomic mass is 10.0. The van der Waals surface area contributed by atoms with Crippen LogP contribution < -0.4 is 5.32 Å². The van der Waals surface area contributed by atoms with Gasteiger partial charge in [-0.1, -0.05) is 36.4 Å². The van der Waals surface area contributed by atoms with Gasteiger partial charge in [-0.3, -0.25) is 4.79 Å². The number of hydrogen-bond donors (Lipinski definition) is 2. The molecule has 1 aliphatic heterocycles. The minimum absolute atomic E-state index is 0.509. The maximum Gasteiger partial charge on any atom is 0.325 e. The van der Waals surface area contributed by atoms with Crippen molar-refractivity contribution in [3.63, 3.8) is 0 Å². The first-order chi connectivity index (χ1) is 7.27. The van der Waals surface area contributed by atoms with Crippen LogP contribution in [0.15, 0.2) is 35.9 Å². The van der Waals surface area contributed by atoms with E-state index in [1.54, 1.807) is 0 Å². The molecule has 1 saturated heterocycles. The average molecular weight is 203 g/mol. The molecule has 1 aliphatic rings. The molecule has 0 radical (unpaired) electrons. The summed E-state index contributed by atoms with van der Waals surface area (Å²) >= 11 is 0. The summed E-state index contributed by atoms with van der Waals surface area (Å²) < 4.78 is 0. The van der Waals surface area contributed by atoms with E-state index in [9.17, 15) is 4.79 Å². The molecule has 3 nitrogen and oxygen atoms in total. The molecule has 0 aliphatic carbocycles.